The quantitative estimate of drug-likeness (QED) is 0.0701. The third kappa shape index (κ3) is 15.4. The zero-order valence-corrected chi connectivity index (χ0v) is 63.3. The van der Waals surface area contributed by atoms with Gasteiger partial charge in [0.25, 0.3) is 0 Å². The number of nitrogens with zero attached hydrogens (tertiary/aromatic N) is 16. The fourth-order valence-corrected chi connectivity index (χ4v) is 13.9. The molecule has 0 saturated carbocycles. The van der Waals surface area contributed by atoms with Gasteiger partial charge in [-0.15, -0.1) is 25.5 Å². The first-order chi connectivity index (χ1) is 57.3. The van der Waals surface area contributed by atoms with Crippen LogP contribution in [0.2, 0.25) is 0 Å². The average molecular weight is 1550 g/mol. The number of ether oxygens (including phenoxy) is 4. The number of benzene rings is 12. The Morgan fingerprint density at radius 2 is 0.735 bits per heavy atom. The predicted molar refractivity (Wildman–Crippen MR) is 452 cm³/mol. The van der Waals surface area contributed by atoms with Crippen molar-refractivity contribution in [1.29, 1.82) is 0 Å². The molecule has 0 saturated heterocycles. The van der Waals surface area contributed by atoms with Gasteiger partial charge in [-0.25, -0.2) is 19.9 Å². The molecule has 0 unspecified atom stereocenters. The second-order valence-corrected chi connectivity index (χ2v) is 26.8. The number of anilines is 8. The predicted octanol–water partition coefficient (Wildman–Crippen LogP) is 20.2. The van der Waals surface area contributed by atoms with E-state index in [4.69, 9.17) is 18.9 Å². The Bertz CT molecular complexity index is 7020. The van der Waals surface area contributed by atoms with Crippen LogP contribution >= 0.6 is 0 Å². The van der Waals surface area contributed by atoms with Crippen molar-refractivity contribution in [3.05, 3.63) is 316 Å². The first-order valence-corrected chi connectivity index (χ1v) is 36.8. The SMILES string of the molecule is COc1ccc(-n2cnc3cc(Nc4nncc5ccccc45)ccc32)cc1.COc1cccc(C)c1-n1cnc2cc(Nc3nnc(OC)c4ccccc34)ccc21.COc1ccccc1-n1cnc2cc(Nc3nncc4ccccc34)ccc21.FC(F)(F)c1cccc(-n2cnc3cc(Nc4nncc5ccccc45)ccc32)c1. The number of alkyl halides is 3. The summed E-state index contributed by atoms with van der Waals surface area (Å²) in [5, 5.41) is 54.6. The van der Waals surface area contributed by atoms with Crippen LogP contribution in [-0.4, -0.2) is 107 Å². The Morgan fingerprint density at radius 1 is 0.325 bits per heavy atom. The maximum Gasteiger partial charge on any atom is 0.416 e. The summed E-state index contributed by atoms with van der Waals surface area (Å²) < 4.78 is 68.5. The van der Waals surface area contributed by atoms with Gasteiger partial charge in [0.1, 0.15) is 42.6 Å². The first kappa shape index (κ1) is 73.8. The van der Waals surface area contributed by atoms with E-state index in [0.29, 0.717) is 34.2 Å². The van der Waals surface area contributed by atoms with Crippen LogP contribution < -0.4 is 40.2 Å². The minimum atomic E-state index is -4.40. The minimum absolute atomic E-state index is 0.396. The van der Waals surface area contributed by atoms with E-state index in [9.17, 15) is 13.2 Å². The molecule has 8 heterocycles. The summed E-state index contributed by atoms with van der Waals surface area (Å²) in [6, 6.07) is 82.3. The second kappa shape index (κ2) is 32.4. The van der Waals surface area contributed by atoms with Crippen LogP contribution in [0.4, 0.5) is 59.2 Å². The van der Waals surface area contributed by atoms with Crippen molar-refractivity contribution in [1.82, 2.24) is 79.0 Å². The summed E-state index contributed by atoms with van der Waals surface area (Å²) >= 11 is 0. The second-order valence-electron chi connectivity index (χ2n) is 26.8. The van der Waals surface area contributed by atoms with E-state index in [0.717, 1.165) is 163 Å². The Morgan fingerprint density at radius 3 is 1.22 bits per heavy atom. The van der Waals surface area contributed by atoms with Crippen LogP contribution in [0.25, 0.3) is 110 Å². The van der Waals surface area contributed by atoms with E-state index >= 15 is 0 Å². The summed E-state index contributed by atoms with van der Waals surface area (Å²) in [5.41, 5.74) is 14.2. The Labute approximate surface area is 665 Å². The van der Waals surface area contributed by atoms with E-state index in [1.807, 2.05) is 254 Å². The van der Waals surface area contributed by atoms with Gasteiger partial charge in [0.05, 0.1) is 108 Å². The molecule has 0 atom stereocenters. The largest absolute Gasteiger partial charge is 0.497 e. The normalized spacial score (nSPS) is 11.2. The van der Waals surface area contributed by atoms with E-state index in [1.165, 1.54) is 12.4 Å². The number of aryl methyl sites for hydroxylation is 1. The summed E-state index contributed by atoms with van der Waals surface area (Å²) in [5.74, 6) is 5.67. The number of nitrogens with one attached hydrogen (secondary N) is 4. The van der Waals surface area contributed by atoms with Gasteiger partial charge < -0.3 is 40.2 Å². The number of aromatic nitrogens is 16. The smallest absolute Gasteiger partial charge is 0.416 e. The summed E-state index contributed by atoms with van der Waals surface area (Å²) in [7, 11) is 6.61. The van der Waals surface area contributed by atoms with Crippen LogP contribution in [0.1, 0.15) is 11.1 Å². The molecular weight excluding hydrogens is 1480 g/mol. The monoisotopic (exact) mass is 1550 g/mol. The molecule has 27 heteroatoms. The summed E-state index contributed by atoms with van der Waals surface area (Å²) in [6.07, 6.45) is 7.80. The molecule has 0 amide bonds. The zero-order valence-electron chi connectivity index (χ0n) is 63.3. The molecule has 117 heavy (non-hydrogen) atoms. The molecule has 4 N–H and O–H groups in total. The van der Waals surface area contributed by atoms with Crippen molar-refractivity contribution in [3.63, 3.8) is 0 Å². The summed E-state index contributed by atoms with van der Waals surface area (Å²) in [6.45, 7) is 2.06. The van der Waals surface area contributed by atoms with Crippen LogP contribution in [-0.2, 0) is 6.18 Å². The first-order valence-electron chi connectivity index (χ1n) is 36.8. The van der Waals surface area contributed by atoms with Crippen molar-refractivity contribution in [2.24, 2.45) is 0 Å². The highest BCUT2D eigenvalue weighted by Gasteiger charge is 2.31. The van der Waals surface area contributed by atoms with Gasteiger partial charge in [-0.05, 0) is 152 Å². The molecule has 12 aromatic carbocycles. The van der Waals surface area contributed by atoms with Crippen molar-refractivity contribution in [3.8, 4) is 45.9 Å². The maximum absolute atomic E-state index is 13.1. The molecule has 574 valence electrons. The van der Waals surface area contributed by atoms with Gasteiger partial charge >= 0.3 is 6.18 Å². The summed E-state index contributed by atoms with van der Waals surface area (Å²) in [4.78, 5) is 18.1. The number of halogens is 3. The lowest BCUT2D eigenvalue weighted by Crippen LogP contribution is -2.05. The number of hydrogen-bond donors (Lipinski definition) is 4. The van der Waals surface area contributed by atoms with E-state index in [2.05, 4.69) is 104 Å². The van der Waals surface area contributed by atoms with Crippen LogP contribution in [0.15, 0.2) is 305 Å². The standard InChI is InChI=1S/C24H21N5O2.C22H14F3N5.2C22H17N5O/c1-15-7-6-10-21(30-2)22(15)29-14-25-19-13-16(11-12-20(19)29)26-23-17-8-4-5-9-18(17)24(31-3)28-27-23;23-22(24,25)15-5-3-6-17(10-15)30-13-26-19-11-16(8-9-20(19)30)28-21-18-7-2-1-4-14(18)12-27-29-21;1-28-21-9-5-4-8-20(21)27-14-23-18-12-16(10-11-19(18)27)25-22-17-7-3-2-6-15(17)13-24-26-22;1-28-18-9-7-17(8-10-18)27-14-23-20-12-16(6-11-21(20)27)25-22-19-5-3-2-4-15(19)13-24-26-22/h4-14H,1-3H3,(H,26,27);1-13H,(H,28,29);2*2-14H,1H3,(H,25,26). The molecule has 0 aliphatic carbocycles. The van der Waals surface area contributed by atoms with Gasteiger partial charge in [-0.1, -0.05) is 121 Å². The van der Waals surface area contributed by atoms with E-state index < -0.39 is 11.7 Å². The molecular formula is C90H69F3N20O4. The number of hydrogen-bond acceptors (Lipinski definition) is 20. The van der Waals surface area contributed by atoms with Gasteiger partial charge in [0.15, 0.2) is 23.3 Å². The van der Waals surface area contributed by atoms with Crippen molar-refractivity contribution in [2.75, 3.05) is 49.7 Å². The van der Waals surface area contributed by atoms with E-state index in [-0.39, 0.29) is 0 Å². The molecule has 8 aromatic heterocycles. The molecule has 0 bridgehead atoms. The molecule has 20 rings (SSSR count). The Balaban J connectivity index is 0.000000112. The number of imidazole rings is 4. The number of methoxy groups -OCH3 is 4. The van der Waals surface area contributed by atoms with Crippen molar-refractivity contribution in [2.45, 2.75) is 13.1 Å². The fourth-order valence-electron chi connectivity index (χ4n) is 13.9. The van der Waals surface area contributed by atoms with Crippen molar-refractivity contribution >= 4 is 133 Å². The van der Waals surface area contributed by atoms with Crippen LogP contribution in [0.3, 0.4) is 0 Å². The van der Waals surface area contributed by atoms with Crippen LogP contribution in [0, 0.1) is 6.92 Å². The van der Waals surface area contributed by atoms with Gasteiger partial charge in [0.2, 0.25) is 5.88 Å². The molecule has 0 spiro atoms. The molecule has 0 radical (unpaired) electrons. The number of para-hydroxylation sites is 3. The highest BCUT2D eigenvalue weighted by molar-refractivity contribution is 5.98. The molecule has 20 aromatic rings. The lowest BCUT2D eigenvalue weighted by molar-refractivity contribution is -0.137. The fraction of sp³-hybridized carbons (Fsp3) is 0.0667. The number of rotatable bonds is 16. The van der Waals surface area contributed by atoms with Gasteiger partial charge in [-0.3, -0.25) is 18.3 Å². The Hall–Kier alpha value is -15.9. The molecule has 0 fully saturated rings. The average Bonchev–Trinajstić information content (AvgIpc) is 1.54. The minimum Gasteiger partial charge on any atom is -0.497 e. The molecule has 24 nitrogen and oxygen atoms in total. The lowest BCUT2D eigenvalue weighted by Gasteiger charge is -2.13. The highest BCUT2D eigenvalue weighted by Crippen LogP contribution is 2.37. The van der Waals surface area contributed by atoms with Crippen molar-refractivity contribution < 1.29 is 32.1 Å². The lowest BCUT2D eigenvalue weighted by atomic mass is 10.1. The van der Waals surface area contributed by atoms with Gasteiger partial charge in [0, 0.05) is 77.2 Å². The van der Waals surface area contributed by atoms with E-state index in [1.54, 1.807) is 57.7 Å². The van der Waals surface area contributed by atoms with Crippen LogP contribution in [0.5, 0.6) is 23.1 Å². The third-order valence-electron chi connectivity index (χ3n) is 19.6. The highest BCUT2D eigenvalue weighted by atomic mass is 19.4. The maximum atomic E-state index is 13.1. The molecule has 0 aliphatic heterocycles. The zero-order chi connectivity index (χ0) is 79.9. The van der Waals surface area contributed by atoms with Gasteiger partial charge in [-0.2, -0.15) is 28.5 Å². The third-order valence-corrected chi connectivity index (χ3v) is 19.6. The molecule has 0 aliphatic rings. The topological polar surface area (TPSA) is 259 Å². The Kier molecular flexibility index (Phi) is 20.5. The number of fused-ring (bicyclic) bond motifs is 8.